The molecule has 1 aliphatic heterocycles. The zero-order valence-corrected chi connectivity index (χ0v) is 18.6. The van der Waals surface area contributed by atoms with E-state index in [0.29, 0.717) is 34.3 Å². The van der Waals surface area contributed by atoms with Gasteiger partial charge in [-0.1, -0.05) is 42.8 Å². The first-order valence-corrected chi connectivity index (χ1v) is 10.8. The molecule has 4 rings (SSSR count). The first-order valence-electron chi connectivity index (χ1n) is 10.4. The summed E-state index contributed by atoms with van der Waals surface area (Å²) in [5, 5.41) is 10.2. The predicted octanol–water partition coefficient (Wildman–Crippen LogP) is 5.57. The molecule has 3 aromatic carbocycles. The van der Waals surface area contributed by atoms with Gasteiger partial charge in [-0.05, 0) is 48.4 Å². The normalized spacial score (nSPS) is 14.6. The summed E-state index contributed by atoms with van der Waals surface area (Å²) in [4.78, 5) is 12.5. The average Bonchev–Trinajstić information content (AvgIpc) is 2.82. The lowest BCUT2D eigenvalue weighted by atomic mass is 9.83. The van der Waals surface area contributed by atoms with Gasteiger partial charge >= 0.3 is 5.97 Å². The molecule has 1 atom stereocenters. The Hall–Kier alpha value is -3.95. The number of rotatable bonds is 6. The minimum atomic E-state index is -0.549. The lowest BCUT2D eigenvalue weighted by Gasteiger charge is -2.27. The van der Waals surface area contributed by atoms with Crippen molar-refractivity contribution in [1.29, 1.82) is 5.26 Å². The molecule has 0 saturated carbocycles. The highest BCUT2D eigenvalue weighted by Crippen LogP contribution is 2.44. The number of halogens is 1. The van der Waals surface area contributed by atoms with E-state index in [1.54, 1.807) is 36.4 Å². The van der Waals surface area contributed by atoms with Crippen LogP contribution in [0.5, 0.6) is 17.2 Å². The van der Waals surface area contributed by atoms with Crippen LogP contribution in [0.1, 0.15) is 40.7 Å². The Morgan fingerprint density at radius 1 is 1.12 bits per heavy atom. The van der Waals surface area contributed by atoms with Gasteiger partial charge < -0.3 is 19.9 Å². The number of nitriles is 1. The van der Waals surface area contributed by atoms with E-state index in [2.05, 4.69) is 6.07 Å². The molecule has 0 bridgehead atoms. The fourth-order valence-corrected chi connectivity index (χ4v) is 3.82. The first kappa shape index (κ1) is 22.3. The van der Waals surface area contributed by atoms with Gasteiger partial charge in [-0.3, -0.25) is 0 Å². The number of benzene rings is 3. The van der Waals surface area contributed by atoms with E-state index < -0.39 is 11.9 Å². The monoisotopic (exact) mass is 460 g/mol. The molecule has 3 aromatic rings. The van der Waals surface area contributed by atoms with E-state index in [-0.39, 0.29) is 11.6 Å². The summed E-state index contributed by atoms with van der Waals surface area (Å²) in [5.74, 6) is 0.422. The van der Waals surface area contributed by atoms with Gasteiger partial charge in [-0.25, -0.2) is 4.79 Å². The van der Waals surface area contributed by atoms with Crippen LogP contribution in [-0.2, 0) is 0 Å². The Labute approximate surface area is 196 Å². The Bertz CT molecular complexity index is 1280. The van der Waals surface area contributed by atoms with Crippen LogP contribution in [0.3, 0.4) is 0 Å². The maximum atomic E-state index is 12.5. The first-order chi connectivity index (χ1) is 16.0. The second-order valence-corrected chi connectivity index (χ2v) is 7.88. The minimum absolute atomic E-state index is 0.00759. The van der Waals surface area contributed by atoms with E-state index in [1.165, 1.54) is 6.07 Å². The highest BCUT2D eigenvalue weighted by Gasteiger charge is 2.31. The summed E-state index contributed by atoms with van der Waals surface area (Å²) >= 11 is 5.96. The summed E-state index contributed by atoms with van der Waals surface area (Å²) < 4.78 is 17.0. The number of carbonyl (C=O) groups excluding carboxylic acids is 1. The second kappa shape index (κ2) is 9.68. The Balaban J connectivity index is 1.67. The standard InChI is InChI=1S/C26H21ClN2O4/c1-2-11-31-19-8-4-5-16(13-19)24-21-10-9-20(14-23(21)33-25(29)22(24)15-28)32-26(30)17-6-3-7-18(27)12-17/h3-10,12-14,24H,2,11,29H2,1H3. The average molecular weight is 461 g/mol. The number of carbonyl (C=O) groups is 1. The van der Waals surface area contributed by atoms with E-state index in [9.17, 15) is 10.1 Å². The Kier molecular flexibility index (Phi) is 6.53. The maximum Gasteiger partial charge on any atom is 0.343 e. The van der Waals surface area contributed by atoms with Gasteiger partial charge in [0.1, 0.15) is 28.9 Å². The van der Waals surface area contributed by atoms with Gasteiger partial charge in [0.15, 0.2) is 0 Å². The molecule has 166 valence electrons. The summed E-state index contributed by atoms with van der Waals surface area (Å²) in [5.41, 5.74) is 8.30. The lowest BCUT2D eigenvalue weighted by Crippen LogP contribution is -2.21. The predicted molar refractivity (Wildman–Crippen MR) is 124 cm³/mol. The van der Waals surface area contributed by atoms with Crippen LogP contribution in [0.25, 0.3) is 0 Å². The zero-order chi connectivity index (χ0) is 23.4. The smallest absolute Gasteiger partial charge is 0.343 e. The molecule has 0 amide bonds. The van der Waals surface area contributed by atoms with Crippen molar-refractivity contribution < 1.29 is 19.0 Å². The molecule has 0 radical (unpaired) electrons. The molecule has 1 unspecified atom stereocenters. The van der Waals surface area contributed by atoms with Gasteiger partial charge in [0.2, 0.25) is 5.88 Å². The van der Waals surface area contributed by atoms with Gasteiger partial charge in [0, 0.05) is 16.7 Å². The number of allylic oxidation sites excluding steroid dienone is 1. The number of fused-ring (bicyclic) bond motifs is 1. The number of ether oxygens (including phenoxy) is 3. The van der Waals surface area contributed by atoms with Crippen molar-refractivity contribution in [2.24, 2.45) is 5.73 Å². The molecule has 1 aliphatic rings. The van der Waals surface area contributed by atoms with Crippen LogP contribution < -0.4 is 19.9 Å². The lowest BCUT2D eigenvalue weighted by molar-refractivity contribution is 0.0734. The quantitative estimate of drug-likeness (QED) is 0.382. The second-order valence-electron chi connectivity index (χ2n) is 7.45. The SMILES string of the molecule is CCCOc1cccc(C2C(C#N)=C(N)Oc3cc(OC(=O)c4cccc(Cl)c4)ccc32)c1. The number of hydrogen-bond donors (Lipinski definition) is 1. The molecule has 1 heterocycles. The minimum Gasteiger partial charge on any atom is -0.494 e. The van der Waals surface area contributed by atoms with Crippen LogP contribution in [0.2, 0.25) is 5.02 Å². The Morgan fingerprint density at radius 2 is 1.94 bits per heavy atom. The summed E-state index contributed by atoms with van der Waals surface area (Å²) in [7, 11) is 0. The zero-order valence-electron chi connectivity index (χ0n) is 17.9. The number of nitrogens with two attached hydrogens (primary N) is 1. The van der Waals surface area contributed by atoms with Crippen LogP contribution in [-0.4, -0.2) is 12.6 Å². The summed E-state index contributed by atoms with van der Waals surface area (Å²) in [6.07, 6.45) is 0.886. The summed E-state index contributed by atoms with van der Waals surface area (Å²) in [6, 6.07) is 21.2. The molecular formula is C26H21ClN2O4. The molecule has 0 fully saturated rings. The van der Waals surface area contributed by atoms with Gasteiger partial charge in [0.05, 0.1) is 18.1 Å². The van der Waals surface area contributed by atoms with Gasteiger partial charge in [-0.15, -0.1) is 0 Å². The van der Waals surface area contributed by atoms with Crippen molar-refractivity contribution >= 4 is 17.6 Å². The van der Waals surface area contributed by atoms with E-state index in [1.807, 2.05) is 31.2 Å². The molecule has 6 nitrogen and oxygen atoms in total. The van der Waals surface area contributed by atoms with E-state index in [4.69, 9.17) is 31.5 Å². The molecule has 7 heteroatoms. The third kappa shape index (κ3) is 4.79. The van der Waals surface area contributed by atoms with Crippen LogP contribution in [0.15, 0.2) is 78.2 Å². The third-order valence-corrected chi connectivity index (χ3v) is 5.36. The molecule has 0 spiro atoms. The largest absolute Gasteiger partial charge is 0.494 e. The highest BCUT2D eigenvalue weighted by atomic mass is 35.5. The van der Waals surface area contributed by atoms with Gasteiger partial charge in [0.25, 0.3) is 0 Å². The van der Waals surface area contributed by atoms with Crippen molar-refractivity contribution in [1.82, 2.24) is 0 Å². The number of nitrogens with zero attached hydrogens (tertiary/aromatic N) is 1. The molecule has 0 saturated heterocycles. The highest BCUT2D eigenvalue weighted by molar-refractivity contribution is 6.30. The van der Waals surface area contributed by atoms with Crippen LogP contribution in [0.4, 0.5) is 0 Å². The van der Waals surface area contributed by atoms with E-state index in [0.717, 1.165) is 17.5 Å². The molecule has 33 heavy (non-hydrogen) atoms. The van der Waals surface area contributed by atoms with Crippen molar-refractivity contribution in [2.75, 3.05) is 6.61 Å². The van der Waals surface area contributed by atoms with Crippen molar-refractivity contribution in [3.8, 4) is 23.3 Å². The van der Waals surface area contributed by atoms with Crippen LogP contribution >= 0.6 is 11.6 Å². The third-order valence-electron chi connectivity index (χ3n) is 5.13. The van der Waals surface area contributed by atoms with Crippen molar-refractivity contribution in [3.63, 3.8) is 0 Å². The fraction of sp³-hybridized carbons (Fsp3) is 0.154. The van der Waals surface area contributed by atoms with Crippen LogP contribution in [0, 0.1) is 11.3 Å². The molecule has 0 aliphatic carbocycles. The fourth-order valence-electron chi connectivity index (χ4n) is 3.63. The molecule has 2 N–H and O–H groups in total. The molecular weight excluding hydrogens is 440 g/mol. The maximum absolute atomic E-state index is 12.5. The van der Waals surface area contributed by atoms with Crippen molar-refractivity contribution in [2.45, 2.75) is 19.3 Å². The molecule has 0 aromatic heterocycles. The topological polar surface area (TPSA) is 94.6 Å². The Morgan fingerprint density at radius 3 is 2.70 bits per heavy atom. The number of hydrogen-bond acceptors (Lipinski definition) is 6. The van der Waals surface area contributed by atoms with Gasteiger partial charge in [-0.2, -0.15) is 5.26 Å². The van der Waals surface area contributed by atoms with E-state index >= 15 is 0 Å². The number of esters is 1. The summed E-state index contributed by atoms with van der Waals surface area (Å²) in [6.45, 7) is 2.63. The van der Waals surface area contributed by atoms with Crippen molar-refractivity contribution in [3.05, 3.63) is 99.9 Å².